The maximum Gasteiger partial charge on any atom is 0.295 e. The molecule has 4 heteroatoms. The van der Waals surface area contributed by atoms with E-state index in [4.69, 9.17) is 0 Å². The van der Waals surface area contributed by atoms with Crippen molar-refractivity contribution in [2.45, 2.75) is 12.8 Å². The molecule has 1 aliphatic rings. The number of aromatic amines is 1. The predicted molar refractivity (Wildman–Crippen MR) is 107 cm³/mol. The molecule has 0 spiro atoms. The molecule has 0 radical (unpaired) electrons. The van der Waals surface area contributed by atoms with Gasteiger partial charge in [-0.05, 0) is 36.0 Å². The van der Waals surface area contributed by atoms with Gasteiger partial charge in [-0.25, -0.2) is 0 Å². The summed E-state index contributed by atoms with van der Waals surface area (Å²) in [6.45, 7) is 5.43. The third-order valence-electron chi connectivity index (χ3n) is 5.45. The first-order valence-corrected chi connectivity index (χ1v) is 9.29. The highest BCUT2D eigenvalue weighted by atomic mass is 16.2. The number of hydrogen-bond donors (Lipinski definition) is 1. The number of nitrogens with one attached hydrogen (secondary N) is 1. The van der Waals surface area contributed by atoms with Crippen LogP contribution >= 0.6 is 0 Å². The summed E-state index contributed by atoms with van der Waals surface area (Å²) in [7, 11) is 0. The topological polar surface area (TPSA) is 53.2 Å². The summed E-state index contributed by atoms with van der Waals surface area (Å²) in [6.07, 6.45) is 3.30. The molecule has 4 nitrogen and oxygen atoms in total. The fourth-order valence-corrected chi connectivity index (χ4v) is 3.84. The van der Waals surface area contributed by atoms with Crippen LogP contribution in [0.5, 0.6) is 0 Å². The number of aromatic nitrogens is 1. The van der Waals surface area contributed by atoms with E-state index >= 15 is 0 Å². The molecule has 1 saturated heterocycles. The molecule has 1 N–H and O–H groups in total. The standard InChI is InChI=1S/C23H22N2O2/c1-16(17-7-3-2-4-8-17)18-11-13-25(14-12-18)23(27)22(26)20-15-24-21-10-6-5-9-19(20)21/h2-10,15,18,24H,1,11-14H2. The zero-order valence-electron chi connectivity index (χ0n) is 15.2. The number of carbonyl (C=O) groups excluding carboxylic acids is 2. The third-order valence-corrected chi connectivity index (χ3v) is 5.45. The van der Waals surface area contributed by atoms with E-state index in [9.17, 15) is 9.59 Å². The van der Waals surface area contributed by atoms with Crippen molar-refractivity contribution in [1.29, 1.82) is 0 Å². The molecule has 2 heterocycles. The van der Waals surface area contributed by atoms with Crippen molar-refractivity contribution in [3.8, 4) is 0 Å². The number of amides is 1. The number of fused-ring (bicyclic) bond motifs is 1. The van der Waals surface area contributed by atoms with Gasteiger partial charge in [-0.1, -0.05) is 55.1 Å². The van der Waals surface area contributed by atoms with Crippen molar-refractivity contribution < 1.29 is 9.59 Å². The summed E-state index contributed by atoms with van der Waals surface area (Å²) < 4.78 is 0. The lowest BCUT2D eigenvalue weighted by Crippen LogP contribution is -2.42. The van der Waals surface area contributed by atoms with Gasteiger partial charge in [0, 0.05) is 30.2 Å². The maximum atomic E-state index is 12.7. The minimum absolute atomic E-state index is 0.347. The second-order valence-corrected chi connectivity index (χ2v) is 7.03. The molecule has 1 amide bonds. The first-order chi connectivity index (χ1) is 13.1. The highest BCUT2D eigenvalue weighted by Crippen LogP contribution is 2.30. The third kappa shape index (κ3) is 3.31. The molecule has 0 aliphatic carbocycles. The number of H-pyrrole nitrogens is 1. The molecule has 27 heavy (non-hydrogen) atoms. The molecule has 0 atom stereocenters. The van der Waals surface area contributed by atoms with Gasteiger partial charge >= 0.3 is 0 Å². The molecule has 0 bridgehead atoms. The first-order valence-electron chi connectivity index (χ1n) is 9.29. The van der Waals surface area contributed by atoms with E-state index < -0.39 is 11.7 Å². The van der Waals surface area contributed by atoms with Crippen LogP contribution in [0.25, 0.3) is 16.5 Å². The van der Waals surface area contributed by atoms with Gasteiger partial charge in [0.25, 0.3) is 11.7 Å². The molecule has 3 aromatic rings. The molecule has 1 aromatic heterocycles. The van der Waals surface area contributed by atoms with Crippen LogP contribution in [-0.2, 0) is 4.79 Å². The number of likely N-dealkylation sites (tertiary alicyclic amines) is 1. The number of ketones is 1. The summed E-state index contributed by atoms with van der Waals surface area (Å²) >= 11 is 0. The Morgan fingerprint density at radius 1 is 0.963 bits per heavy atom. The molecule has 0 unspecified atom stereocenters. The number of nitrogens with zero attached hydrogens (tertiary/aromatic N) is 1. The Morgan fingerprint density at radius 2 is 1.63 bits per heavy atom. The average Bonchev–Trinajstić information content (AvgIpc) is 3.17. The van der Waals surface area contributed by atoms with Crippen molar-refractivity contribution in [3.05, 3.63) is 78.5 Å². The van der Waals surface area contributed by atoms with Gasteiger partial charge in [0.2, 0.25) is 0 Å². The van der Waals surface area contributed by atoms with Gasteiger partial charge in [-0.15, -0.1) is 0 Å². The van der Waals surface area contributed by atoms with E-state index in [2.05, 4.69) is 23.7 Å². The molecule has 2 aromatic carbocycles. The Bertz CT molecular complexity index is 995. The summed E-state index contributed by atoms with van der Waals surface area (Å²) in [5, 5.41) is 0.795. The van der Waals surface area contributed by atoms with Crippen LogP contribution in [0.1, 0.15) is 28.8 Å². The van der Waals surface area contributed by atoms with E-state index in [1.54, 1.807) is 11.1 Å². The largest absolute Gasteiger partial charge is 0.360 e. The van der Waals surface area contributed by atoms with E-state index in [0.717, 1.165) is 34.9 Å². The van der Waals surface area contributed by atoms with Gasteiger partial charge in [-0.2, -0.15) is 0 Å². The molecule has 0 saturated carbocycles. The van der Waals surface area contributed by atoms with Crippen molar-refractivity contribution in [2.24, 2.45) is 5.92 Å². The second-order valence-electron chi connectivity index (χ2n) is 7.03. The number of benzene rings is 2. The summed E-state index contributed by atoms with van der Waals surface area (Å²) in [4.78, 5) is 30.2. The zero-order valence-corrected chi connectivity index (χ0v) is 15.2. The summed E-state index contributed by atoms with van der Waals surface area (Å²) in [5.41, 5.74) is 3.58. The van der Waals surface area contributed by atoms with E-state index in [1.807, 2.05) is 42.5 Å². The molecule has 1 fully saturated rings. The predicted octanol–water partition coefficient (Wildman–Crippen LogP) is 4.30. The fourth-order valence-electron chi connectivity index (χ4n) is 3.84. The van der Waals surface area contributed by atoms with Crippen molar-refractivity contribution >= 4 is 28.2 Å². The Labute approximate surface area is 158 Å². The number of Topliss-reactive ketones (excluding diaryl/α,β-unsaturated/α-hetero) is 1. The lowest BCUT2D eigenvalue weighted by Gasteiger charge is -2.32. The number of allylic oxidation sites excluding steroid dienone is 1. The van der Waals surface area contributed by atoms with Crippen LogP contribution in [0.3, 0.4) is 0 Å². The Balaban J connectivity index is 1.43. The van der Waals surface area contributed by atoms with Crippen molar-refractivity contribution in [1.82, 2.24) is 9.88 Å². The van der Waals surface area contributed by atoms with Crippen LogP contribution < -0.4 is 0 Å². The Kier molecular flexibility index (Phi) is 4.63. The first kappa shape index (κ1) is 17.3. The van der Waals surface area contributed by atoms with E-state index in [1.165, 1.54) is 0 Å². The number of hydrogen-bond acceptors (Lipinski definition) is 2. The minimum atomic E-state index is -0.437. The monoisotopic (exact) mass is 358 g/mol. The van der Waals surface area contributed by atoms with Crippen LogP contribution in [0.4, 0.5) is 0 Å². The van der Waals surface area contributed by atoms with Crippen molar-refractivity contribution in [3.63, 3.8) is 0 Å². The van der Waals surface area contributed by atoms with Crippen LogP contribution in [0.2, 0.25) is 0 Å². The lowest BCUT2D eigenvalue weighted by molar-refractivity contribution is -0.127. The maximum absolute atomic E-state index is 12.7. The van der Waals surface area contributed by atoms with E-state index in [-0.39, 0.29) is 0 Å². The van der Waals surface area contributed by atoms with Gasteiger partial charge in [0.1, 0.15) is 0 Å². The van der Waals surface area contributed by atoms with Crippen LogP contribution in [0, 0.1) is 5.92 Å². The van der Waals surface area contributed by atoms with Gasteiger partial charge in [-0.3, -0.25) is 9.59 Å². The molecular weight excluding hydrogens is 336 g/mol. The van der Waals surface area contributed by atoms with Gasteiger partial charge in [0.05, 0.1) is 5.56 Å². The SMILES string of the molecule is C=C(c1ccccc1)C1CCN(C(=O)C(=O)c2c[nH]c3ccccc23)CC1. The van der Waals surface area contributed by atoms with Crippen LogP contribution in [0.15, 0.2) is 67.4 Å². The number of rotatable bonds is 4. The van der Waals surface area contributed by atoms with Crippen LogP contribution in [-0.4, -0.2) is 34.7 Å². The molecular formula is C23H22N2O2. The highest BCUT2D eigenvalue weighted by Gasteiger charge is 2.30. The Hall–Kier alpha value is -3.14. The highest BCUT2D eigenvalue weighted by molar-refractivity contribution is 6.44. The lowest BCUT2D eigenvalue weighted by atomic mass is 9.86. The molecule has 136 valence electrons. The van der Waals surface area contributed by atoms with Gasteiger partial charge in [0.15, 0.2) is 0 Å². The summed E-state index contributed by atoms with van der Waals surface area (Å²) in [6, 6.07) is 17.7. The Morgan fingerprint density at radius 3 is 2.37 bits per heavy atom. The smallest absolute Gasteiger partial charge is 0.295 e. The van der Waals surface area contributed by atoms with E-state index in [0.29, 0.717) is 24.6 Å². The number of carbonyl (C=O) groups is 2. The number of para-hydroxylation sites is 1. The normalized spacial score (nSPS) is 15.0. The average molecular weight is 358 g/mol. The molecule has 4 rings (SSSR count). The second kappa shape index (κ2) is 7.23. The zero-order chi connectivity index (χ0) is 18.8. The minimum Gasteiger partial charge on any atom is -0.360 e. The number of piperidine rings is 1. The molecule has 1 aliphatic heterocycles. The fraction of sp³-hybridized carbons (Fsp3) is 0.217. The quantitative estimate of drug-likeness (QED) is 0.558. The summed E-state index contributed by atoms with van der Waals surface area (Å²) in [5.74, 6) is -0.504. The van der Waals surface area contributed by atoms with Crippen molar-refractivity contribution in [2.75, 3.05) is 13.1 Å². The van der Waals surface area contributed by atoms with Gasteiger partial charge < -0.3 is 9.88 Å².